The van der Waals surface area contributed by atoms with E-state index in [9.17, 15) is 9.90 Å². The van der Waals surface area contributed by atoms with E-state index in [-0.39, 0.29) is 5.97 Å². The lowest BCUT2D eigenvalue weighted by molar-refractivity contribution is -0.151. The summed E-state index contributed by atoms with van der Waals surface area (Å²) in [6.07, 6.45) is 1.81. The zero-order chi connectivity index (χ0) is 17.2. The van der Waals surface area contributed by atoms with Crippen LogP contribution in [0.4, 0.5) is 5.69 Å². The second kappa shape index (κ2) is 6.83. The molecular weight excluding hydrogens is 326 g/mol. The third-order valence-corrected chi connectivity index (χ3v) is 4.92. The molecule has 2 N–H and O–H groups in total. The van der Waals surface area contributed by atoms with Gasteiger partial charge in [-0.1, -0.05) is 42.3 Å². The van der Waals surface area contributed by atoms with Gasteiger partial charge < -0.3 is 15.2 Å². The maximum absolute atomic E-state index is 12.1. The largest absolute Gasteiger partial charge is 0.468 e. The third-order valence-electron chi connectivity index (χ3n) is 4.69. The number of hydrogen-bond acceptors (Lipinski definition) is 4. The molecule has 2 aromatic rings. The first-order valence-electron chi connectivity index (χ1n) is 7.94. The van der Waals surface area contributed by atoms with Gasteiger partial charge >= 0.3 is 5.97 Å². The van der Waals surface area contributed by atoms with Crippen molar-refractivity contribution in [3.05, 3.63) is 64.7 Å². The number of ether oxygens (including phenoxy) is 1. The average Bonchev–Trinajstić information content (AvgIpc) is 2.55. The Morgan fingerprint density at radius 3 is 2.50 bits per heavy atom. The van der Waals surface area contributed by atoms with Crippen molar-refractivity contribution in [2.75, 3.05) is 12.4 Å². The summed E-state index contributed by atoms with van der Waals surface area (Å²) < 4.78 is 4.97. The first-order chi connectivity index (χ1) is 11.5. The highest BCUT2D eigenvalue weighted by Gasteiger charge is 2.46. The lowest BCUT2D eigenvalue weighted by Gasteiger charge is -2.39. The molecule has 0 aromatic heterocycles. The molecule has 0 heterocycles. The predicted molar refractivity (Wildman–Crippen MR) is 94.0 cm³/mol. The molecule has 5 heteroatoms. The molecular formula is C19H20ClNO3. The van der Waals surface area contributed by atoms with Gasteiger partial charge in [-0.2, -0.15) is 0 Å². The van der Waals surface area contributed by atoms with Gasteiger partial charge in [0, 0.05) is 16.3 Å². The van der Waals surface area contributed by atoms with Crippen molar-refractivity contribution in [3.8, 4) is 0 Å². The van der Waals surface area contributed by atoms with E-state index in [1.54, 1.807) is 24.3 Å². The van der Waals surface area contributed by atoms with Gasteiger partial charge in [-0.3, -0.25) is 4.79 Å². The van der Waals surface area contributed by atoms with Gasteiger partial charge in [0.2, 0.25) is 0 Å². The monoisotopic (exact) mass is 345 g/mol. The fraction of sp³-hybridized carbons (Fsp3) is 0.316. The first kappa shape index (κ1) is 16.8. The number of nitrogens with one attached hydrogen (secondary N) is 1. The molecule has 1 atom stereocenters. The van der Waals surface area contributed by atoms with E-state index in [0.717, 1.165) is 30.5 Å². The van der Waals surface area contributed by atoms with Crippen LogP contribution in [0.3, 0.4) is 0 Å². The van der Waals surface area contributed by atoms with Crippen molar-refractivity contribution in [1.29, 1.82) is 0 Å². The van der Waals surface area contributed by atoms with Crippen LogP contribution >= 0.6 is 11.6 Å². The van der Waals surface area contributed by atoms with E-state index in [1.807, 2.05) is 24.3 Å². The standard InChI is InChI=1S/C19H20ClNO3/c1-24-18(23)19(10-3-11-19)14-6-8-16(9-7-14)21-17(22)13-4-2-5-15(20)12-13/h2,4-9,12,17,21-22H,3,10-11H2,1H3. The zero-order valence-electron chi connectivity index (χ0n) is 13.5. The molecule has 0 amide bonds. The normalized spacial score (nSPS) is 16.8. The summed E-state index contributed by atoms with van der Waals surface area (Å²) in [6.45, 7) is 0. The highest BCUT2D eigenvalue weighted by Crippen LogP contribution is 2.45. The summed E-state index contributed by atoms with van der Waals surface area (Å²) in [5, 5.41) is 13.9. The Bertz CT molecular complexity index is 726. The topological polar surface area (TPSA) is 58.6 Å². The highest BCUT2D eigenvalue weighted by molar-refractivity contribution is 6.30. The quantitative estimate of drug-likeness (QED) is 0.634. The number of benzene rings is 2. The van der Waals surface area contributed by atoms with Gasteiger partial charge in [0.15, 0.2) is 6.23 Å². The molecule has 0 bridgehead atoms. The Kier molecular flexibility index (Phi) is 4.78. The van der Waals surface area contributed by atoms with Gasteiger partial charge in [0.05, 0.1) is 12.5 Å². The Hall–Kier alpha value is -2.04. The van der Waals surface area contributed by atoms with Crippen LogP contribution in [-0.2, 0) is 14.9 Å². The van der Waals surface area contributed by atoms with E-state index in [0.29, 0.717) is 10.6 Å². The number of rotatable bonds is 5. The molecule has 1 aliphatic rings. The van der Waals surface area contributed by atoms with Crippen molar-refractivity contribution in [2.24, 2.45) is 0 Å². The first-order valence-corrected chi connectivity index (χ1v) is 8.32. The minimum absolute atomic E-state index is 0.173. The predicted octanol–water partition coefficient (Wildman–Crippen LogP) is 4.04. The number of aliphatic hydroxyl groups excluding tert-OH is 1. The lowest BCUT2D eigenvalue weighted by atomic mass is 9.64. The molecule has 1 fully saturated rings. The molecule has 3 rings (SSSR count). The number of carbonyl (C=O) groups excluding carboxylic acids is 1. The van der Waals surface area contributed by atoms with Gasteiger partial charge in [0.1, 0.15) is 0 Å². The summed E-state index contributed by atoms with van der Waals surface area (Å²) in [5.74, 6) is -0.173. The number of hydrogen-bond donors (Lipinski definition) is 2. The molecule has 4 nitrogen and oxygen atoms in total. The van der Waals surface area contributed by atoms with Gasteiger partial charge in [-0.15, -0.1) is 0 Å². The van der Waals surface area contributed by atoms with Crippen LogP contribution in [0.1, 0.15) is 36.6 Å². The van der Waals surface area contributed by atoms with E-state index in [1.165, 1.54) is 7.11 Å². The second-order valence-electron chi connectivity index (χ2n) is 6.11. The van der Waals surface area contributed by atoms with E-state index >= 15 is 0 Å². The minimum atomic E-state index is -0.854. The molecule has 2 aromatic carbocycles. The maximum atomic E-state index is 12.1. The van der Waals surface area contributed by atoms with Crippen molar-refractivity contribution >= 4 is 23.3 Å². The molecule has 0 aliphatic heterocycles. The van der Waals surface area contributed by atoms with E-state index < -0.39 is 11.6 Å². The number of aliphatic hydroxyl groups is 1. The Morgan fingerprint density at radius 1 is 1.25 bits per heavy atom. The number of carbonyl (C=O) groups is 1. The van der Waals surface area contributed by atoms with Crippen LogP contribution in [-0.4, -0.2) is 18.2 Å². The Balaban J connectivity index is 1.74. The van der Waals surface area contributed by atoms with Gasteiger partial charge in [0.25, 0.3) is 0 Å². The van der Waals surface area contributed by atoms with E-state index in [4.69, 9.17) is 16.3 Å². The van der Waals surface area contributed by atoms with Crippen LogP contribution in [0.25, 0.3) is 0 Å². The van der Waals surface area contributed by atoms with Crippen LogP contribution in [0.15, 0.2) is 48.5 Å². The summed E-state index contributed by atoms with van der Waals surface area (Å²) in [4.78, 5) is 12.1. The highest BCUT2D eigenvalue weighted by atomic mass is 35.5. The van der Waals surface area contributed by atoms with Crippen molar-refractivity contribution in [3.63, 3.8) is 0 Å². The summed E-state index contributed by atoms with van der Waals surface area (Å²) in [5.41, 5.74) is 1.92. The Labute approximate surface area is 146 Å². The second-order valence-corrected chi connectivity index (χ2v) is 6.54. The number of halogens is 1. The van der Waals surface area contributed by atoms with Crippen LogP contribution < -0.4 is 5.32 Å². The molecule has 0 saturated heterocycles. The zero-order valence-corrected chi connectivity index (χ0v) is 14.2. The number of esters is 1. The van der Waals surface area contributed by atoms with Crippen molar-refractivity contribution in [2.45, 2.75) is 30.9 Å². The molecule has 0 spiro atoms. The van der Waals surface area contributed by atoms with E-state index in [2.05, 4.69) is 5.32 Å². The minimum Gasteiger partial charge on any atom is -0.468 e. The number of anilines is 1. The van der Waals surface area contributed by atoms with Crippen molar-refractivity contribution in [1.82, 2.24) is 0 Å². The summed E-state index contributed by atoms with van der Waals surface area (Å²) >= 11 is 5.95. The SMILES string of the molecule is COC(=O)C1(c2ccc(NC(O)c3cccc(Cl)c3)cc2)CCC1. The fourth-order valence-corrected chi connectivity index (χ4v) is 3.34. The van der Waals surface area contributed by atoms with Crippen LogP contribution in [0.5, 0.6) is 0 Å². The Morgan fingerprint density at radius 2 is 1.96 bits per heavy atom. The smallest absolute Gasteiger partial charge is 0.316 e. The van der Waals surface area contributed by atoms with Crippen molar-refractivity contribution < 1.29 is 14.6 Å². The fourth-order valence-electron chi connectivity index (χ4n) is 3.14. The van der Waals surface area contributed by atoms with Gasteiger partial charge in [-0.25, -0.2) is 0 Å². The lowest BCUT2D eigenvalue weighted by Crippen LogP contribution is -2.43. The molecule has 1 unspecified atom stereocenters. The summed E-state index contributed by atoms with van der Waals surface area (Å²) in [6, 6.07) is 14.6. The van der Waals surface area contributed by atoms with Gasteiger partial charge in [-0.05, 0) is 42.7 Å². The molecule has 1 aliphatic carbocycles. The average molecular weight is 346 g/mol. The number of methoxy groups -OCH3 is 1. The van der Waals surface area contributed by atoms with Crippen LogP contribution in [0.2, 0.25) is 5.02 Å². The maximum Gasteiger partial charge on any atom is 0.316 e. The molecule has 126 valence electrons. The summed E-state index contributed by atoms with van der Waals surface area (Å²) in [7, 11) is 1.43. The molecule has 1 saturated carbocycles. The third kappa shape index (κ3) is 3.12. The molecule has 0 radical (unpaired) electrons. The molecule has 24 heavy (non-hydrogen) atoms. The van der Waals surface area contributed by atoms with Crippen LogP contribution in [0, 0.1) is 0 Å².